The molecule has 0 aromatic carbocycles. The van der Waals surface area contributed by atoms with Gasteiger partial charge in [0.25, 0.3) is 0 Å². The molecule has 1 aromatic heterocycles. The number of rotatable bonds is 3. The normalized spacial score (nSPS) is 8.79. The fourth-order valence-corrected chi connectivity index (χ4v) is 0.791. The van der Waals surface area contributed by atoms with E-state index in [1.54, 1.807) is 30.6 Å². The van der Waals surface area contributed by atoms with E-state index in [-0.39, 0.29) is 13.2 Å². The largest absolute Gasteiger partial charge is 0.445 e. The molecule has 0 aliphatic rings. The van der Waals surface area contributed by atoms with E-state index in [0.717, 1.165) is 5.56 Å². The first-order valence-corrected chi connectivity index (χ1v) is 3.99. The SMILES string of the molecule is N#CCNC(=O)OCc1ccncc1. The van der Waals surface area contributed by atoms with Gasteiger partial charge in [-0.25, -0.2) is 4.79 Å². The molecule has 1 amide bonds. The Morgan fingerprint density at radius 1 is 1.57 bits per heavy atom. The molecule has 1 N–H and O–H groups in total. The number of amides is 1. The van der Waals surface area contributed by atoms with Crippen LogP contribution >= 0.6 is 0 Å². The minimum absolute atomic E-state index is 0.0464. The number of carbonyl (C=O) groups is 1. The highest BCUT2D eigenvalue weighted by atomic mass is 16.5. The molecule has 0 fully saturated rings. The van der Waals surface area contributed by atoms with Gasteiger partial charge >= 0.3 is 6.09 Å². The number of ether oxygens (including phenoxy) is 1. The van der Waals surface area contributed by atoms with Gasteiger partial charge in [0, 0.05) is 12.4 Å². The van der Waals surface area contributed by atoms with Crippen molar-refractivity contribution in [2.45, 2.75) is 6.61 Å². The van der Waals surface area contributed by atoms with E-state index < -0.39 is 6.09 Å². The van der Waals surface area contributed by atoms with Crippen molar-refractivity contribution in [2.24, 2.45) is 0 Å². The van der Waals surface area contributed by atoms with Crippen LogP contribution in [-0.4, -0.2) is 17.6 Å². The van der Waals surface area contributed by atoms with E-state index in [2.05, 4.69) is 10.3 Å². The van der Waals surface area contributed by atoms with Gasteiger partial charge in [-0.15, -0.1) is 0 Å². The molecule has 0 unspecified atom stereocenters. The number of hydrogen-bond acceptors (Lipinski definition) is 4. The van der Waals surface area contributed by atoms with E-state index in [4.69, 9.17) is 10.00 Å². The Morgan fingerprint density at radius 3 is 2.93 bits per heavy atom. The molecule has 5 nitrogen and oxygen atoms in total. The summed E-state index contributed by atoms with van der Waals surface area (Å²) >= 11 is 0. The predicted octanol–water partition coefficient (Wildman–Crippen LogP) is 0.831. The molecular weight excluding hydrogens is 182 g/mol. The number of hydrogen-bond donors (Lipinski definition) is 1. The molecule has 0 aliphatic heterocycles. The van der Waals surface area contributed by atoms with E-state index in [1.165, 1.54) is 0 Å². The average molecular weight is 191 g/mol. The highest BCUT2D eigenvalue weighted by Crippen LogP contribution is 1.98. The van der Waals surface area contributed by atoms with Gasteiger partial charge in [-0.2, -0.15) is 5.26 Å². The Balaban J connectivity index is 2.28. The fourth-order valence-electron chi connectivity index (χ4n) is 0.791. The first-order valence-electron chi connectivity index (χ1n) is 3.99. The van der Waals surface area contributed by atoms with Crippen LogP contribution in [-0.2, 0) is 11.3 Å². The summed E-state index contributed by atoms with van der Waals surface area (Å²) in [6, 6.07) is 5.27. The highest BCUT2D eigenvalue weighted by molar-refractivity contribution is 5.67. The lowest BCUT2D eigenvalue weighted by molar-refractivity contribution is 0.141. The van der Waals surface area contributed by atoms with Crippen LogP contribution in [0.15, 0.2) is 24.5 Å². The molecule has 14 heavy (non-hydrogen) atoms. The summed E-state index contributed by atoms with van der Waals surface area (Å²) in [7, 11) is 0. The maximum atomic E-state index is 10.9. The molecule has 0 saturated heterocycles. The minimum Gasteiger partial charge on any atom is -0.445 e. The lowest BCUT2D eigenvalue weighted by Crippen LogP contribution is -2.24. The smallest absolute Gasteiger partial charge is 0.408 e. The molecule has 1 heterocycles. The number of carbonyl (C=O) groups excluding carboxylic acids is 1. The third kappa shape index (κ3) is 3.54. The van der Waals surface area contributed by atoms with Gasteiger partial charge in [-0.1, -0.05) is 0 Å². The zero-order chi connectivity index (χ0) is 10.2. The van der Waals surface area contributed by atoms with Gasteiger partial charge in [-0.05, 0) is 17.7 Å². The van der Waals surface area contributed by atoms with Crippen LogP contribution in [0.5, 0.6) is 0 Å². The van der Waals surface area contributed by atoms with Crippen LogP contribution < -0.4 is 5.32 Å². The number of aromatic nitrogens is 1. The second-order valence-corrected chi connectivity index (χ2v) is 2.44. The number of pyridine rings is 1. The molecule has 0 saturated carbocycles. The van der Waals surface area contributed by atoms with E-state index in [9.17, 15) is 4.79 Å². The van der Waals surface area contributed by atoms with Gasteiger partial charge in [0.2, 0.25) is 0 Å². The molecule has 0 bridgehead atoms. The third-order valence-electron chi connectivity index (χ3n) is 1.43. The Hall–Kier alpha value is -2.09. The van der Waals surface area contributed by atoms with E-state index in [0.29, 0.717) is 0 Å². The standard InChI is InChI=1S/C9H9N3O2/c10-3-6-12-9(13)14-7-8-1-4-11-5-2-8/h1-2,4-5H,6-7H2,(H,12,13). The third-order valence-corrected chi connectivity index (χ3v) is 1.43. The molecule has 1 rings (SSSR count). The second-order valence-electron chi connectivity index (χ2n) is 2.44. The van der Waals surface area contributed by atoms with Crippen LogP contribution in [0.3, 0.4) is 0 Å². The molecule has 1 aromatic rings. The zero-order valence-electron chi connectivity index (χ0n) is 7.43. The van der Waals surface area contributed by atoms with Gasteiger partial charge in [0.1, 0.15) is 13.2 Å². The number of nitrogens with zero attached hydrogens (tertiary/aromatic N) is 2. The minimum atomic E-state index is -0.594. The highest BCUT2D eigenvalue weighted by Gasteiger charge is 2.00. The second kappa shape index (κ2) is 5.54. The van der Waals surface area contributed by atoms with Crippen molar-refractivity contribution in [2.75, 3.05) is 6.54 Å². The van der Waals surface area contributed by atoms with Crippen molar-refractivity contribution < 1.29 is 9.53 Å². The van der Waals surface area contributed by atoms with Crippen LogP contribution in [0.2, 0.25) is 0 Å². The molecule has 72 valence electrons. The molecule has 0 spiro atoms. The van der Waals surface area contributed by atoms with Crippen molar-refractivity contribution in [1.29, 1.82) is 5.26 Å². The summed E-state index contributed by atoms with van der Waals surface area (Å²) in [5.41, 5.74) is 0.854. The topological polar surface area (TPSA) is 75.0 Å². The first kappa shape index (κ1) is 9.99. The maximum absolute atomic E-state index is 10.9. The van der Waals surface area contributed by atoms with Crippen molar-refractivity contribution in [1.82, 2.24) is 10.3 Å². The first-order chi connectivity index (χ1) is 6.83. The zero-order valence-corrected chi connectivity index (χ0v) is 7.43. The predicted molar refractivity (Wildman–Crippen MR) is 48.0 cm³/mol. The Bertz CT molecular complexity index is 332. The summed E-state index contributed by atoms with van der Waals surface area (Å²) in [4.78, 5) is 14.7. The van der Waals surface area contributed by atoms with E-state index in [1.807, 2.05) is 0 Å². The number of alkyl carbamates (subject to hydrolysis) is 1. The summed E-state index contributed by atoms with van der Waals surface area (Å²) in [6.07, 6.45) is 2.64. The van der Waals surface area contributed by atoms with Crippen molar-refractivity contribution in [3.05, 3.63) is 30.1 Å². The summed E-state index contributed by atoms with van der Waals surface area (Å²) in [6.45, 7) is 0.134. The molecule has 0 aliphatic carbocycles. The molecule has 0 radical (unpaired) electrons. The van der Waals surface area contributed by atoms with Crippen molar-refractivity contribution >= 4 is 6.09 Å². The van der Waals surface area contributed by atoms with Gasteiger partial charge in [0.05, 0.1) is 6.07 Å². The molecule has 0 atom stereocenters. The van der Waals surface area contributed by atoms with Crippen LogP contribution in [0.4, 0.5) is 4.79 Å². The van der Waals surface area contributed by atoms with E-state index >= 15 is 0 Å². The lowest BCUT2D eigenvalue weighted by Gasteiger charge is -2.03. The molecule has 5 heteroatoms. The number of nitriles is 1. The summed E-state index contributed by atoms with van der Waals surface area (Å²) in [5.74, 6) is 0. The Morgan fingerprint density at radius 2 is 2.29 bits per heavy atom. The lowest BCUT2D eigenvalue weighted by atomic mass is 10.3. The van der Waals surface area contributed by atoms with Gasteiger partial charge < -0.3 is 10.1 Å². The van der Waals surface area contributed by atoms with Crippen LogP contribution in [0.25, 0.3) is 0 Å². The van der Waals surface area contributed by atoms with Crippen molar-refractivity contribution in [3.63, 3.8) is 0 Å². The van der Waals surface area contributed by atoms with Gasteiger partial charge in [0.15, 0.2) is 0 Å². The Labute approximate surface area is 81.3 Å². The quantitative estimate of drug-likeness (QED) is 0.718. The maximum Gasteiger partial charge on any atom is 0.408 e. The van der Waals surface area contributed by atoms with Gasteiger partial charge in [-0.3, -0.25) is 4.98 Å². The fraction of sp³-hybridized carbons (Fsp3) is 0.222. The average Bonchev–Trinajstić information content (AvgIpc) is 2.25. The van der Waals surface area contributed by atoms with Crippen LogP contribution in [0, 0.1) is 11.3 Å². The summed E-state index contributed by atoms with van der Waals surface area (Å²) < 4.78 is 4.80. The monoisotopic (exact) mass is 191 g/mol. The number of nitrogens with one attached hydrogen (secondary N) is 1. The molecular formula is C9H9N3O2. The Kier molecular flexibility index (Phi) is 3.95. The van der Waals surface area contributed by atoms with Crippen molar-refractivity contribution in [3.8, 4) is 6.07 Å². The van der Waals surface area contributed by atoms with Crippen LogP contribution in [0.1, 0.15) is 5.56 Å². The summed E-state index contributed by atoms with van der Waals surface area (Å²) in [5, 5.41) is 10.4.